The van der Waals surface area contributed by atoms with E-state index in [1.54, 1.807) is 0 Å². The zero-order valence-corrected chi connectivity index (χ0v) is 9.38. The number of rotatable bonds is 3. The van der Waals surface area contributed by atoms with E-state index in [0.29, 0.717) is 11.0 Å². The normalized spacial score (nSPS) is 28.9. The number of nitrogens with one attached hydrogen (secondary N) is 1. The Hall–Kier alpha value is -0.970. The predicted molar refractivity (Wildman–Crippen MR) is 57.6 cm³/mol. The summed E-state index contributed by atoms with van der Waals surface area (Å²) in [6, 6.07) is 0. The van der Waals surface area contributed by atoms with Crippen molar-refractivity contribution in [2.75, 3.05) is 5.32 Å². The summed E-state index contributed by atoms with van der Waals surface area (Å²) in [6.45, 7) is 1.83. The molecule has 1 N–H and O–H groups in total. The Morgan fingerprint density at radius 3 is 2.93 bits per heavy atom. The molecule has 0 radical (unpaired) electrons. The first-order chi connectivity index (χ1) is 7.24. The molecule has 0 spiro atoms. The molecule has 2 saturated carbocycles. The molecule has 0 saturated heterocycles. The SMILES string of the molecule is Cc1nsc(NC(=O)[C@@H]2C[C@H]2C2CC2)n1. The van der Waals surface area contributed by atoms with Gasteiger partial charge in [-0.2, -0.15) is 4.37 Å². The first-order valence-electron chi connectivity index (χ1n) is 5.35. The molecule has 1 aromatic heterocycles. The first kappa shape index (κ1) is 9.27. The van der Waals surface area contributed by atoms with Crippen LogP contribution in [0, 0.1) is 24.7 Å². The third-order valence-corrected chi connectivity index (χ3v) is 3.88. The van der Waals surface area contributed by atoms with Gasteiger partial charge in [-0.25, -0.2) is 4.98 Å². The molecule has 2 aliphatic carbocycles. The summed E-state index contributed by atoms with van der Waals surface area (Å²) in [7, 11) is 0. The van der Waals surface area contributed by atoms with Crippen LogP contribution < -0.4 is 5.32 Å². The maximum absolute atomic E-state index is 11.8. The van der Waals surface area contributed by atoms with E-state index < -0.39 is 0 Å². The molecule has 0 aromatic carbocycles. The number of carbonyl (C=O) groups is 1. The molecular weight excluding hydrogens is 210 g/mol. The highest BCUT2D eigenvalue weighted by Crippen LogP contribution is 2.54. The minimum atomic E-state index is 0.142. The summed E-state index contributed by atoms with van der Waals surface area (Å²) < 4.78 is 4.03. The fourth-order valence-corrected chi connectivity index (χ4v) is 2.69. The maximum atomic E-state index is 11.8. The van der Waals surface area contributed by atoms with Gasteiger partial charge in [0.2, 0.25) is 11.0 Å². The van der Waals surface area contributed by atoms with E-state index in [9.17, 15) is 4.79 Å². The van der Waals surface area contributed by atoms with Crippen molar-refractivity contribution < 1.29 is 4.79 Å². The largest absolute Gasteiger partial charge is 0.300 e. The number of amides is 1. The van der Waals surface area contributed by atoms with E-state index in [4.69, 9.17) is 0 Å². The summed E-state index contributed by atoms with van der Waals surface area (Å²) in [5.41, 5.74) is 0. The molecule has 2 atom stereocenters. The Balaban J connectivity index is 1.57. The fraction of sp³-hybridized carbons (Fsp3) is 0.700. The predicted octanol–water partition coefficient (Wildman–Crippen LogP) is 1.83. The van der Waals surface area contributed by atoms with Gasteiger partial charge in [0, 0.05) is 17.5 Å². The Bertz CT molecular complexity index is 399. The molecule has 1 amide bonds. The van der Waals surface area contributed by atoms with Crippen molar-refractivity contribution in [1.29, 1.82) is 0 Å². The van der Waals surface area contributed by atoms with Gasteiger partial charge in [0.25, 0.3) is 0 Å². The van der Waals surface area contributed by atoms with Gasteiger partial charge in [-0.1, -0.05) is 0 Å². The lowest BCUT2D eigenvalue weighted by Gasteiger charge is -1.98. The van der Waals surface area contributed by atoms with Crippen molar-refractivity contribution in [3.8, 4) is 0 Å². The lowest BCUT2D eigenvalue weighted by atomic mass is 10.2. The van der Waals surface area contributed by atoms with Gasteiger partial charge >= 0.3 is 0 Å². The number of carbonyl (C=O) groups excluding carboxylic acids is 1. The number of hydrogen-bond acceptors (Lipinski definition) is 4. The summed E-state index contributed by atoms with van der Waals surface area (Å²) in [5, 5.41) is 3.48. The summed E-state index contributed by atoms with van der Waals surface area (Å²) in [4.78, 5) is 15.9. The average molecular weight is 223 g/mol. The topological polar surface area (TPSA) is 54.9 Å². The fourth-order valence-electron chi connectivity index (χ4n) is 2.11. The zero-order chi connectivity index (χ0) is 10.4. The average Bonchev–Trinajstić information content (AvgIpc) is 3.06. The van der Waals surface area contributed by atoms with Crippen LogP contribution in [-0.2, 0) is 4.79 Å². The monoisotopic (exact) mass is 223 g/mol. The molecule has 4 nitrogen and oxygen atoms in total. The van der Waals surface area contributed by atoms with Crippen LogP contribution in [0.15, 0.2) is 0 Å². The van der Waals surface area contributed by atoms with E-state index in [1.807, 2.05) is 6.92 Å². The van der Waals surface area contributed by atoms with Crippen molar-refractivity contribution in [3.63, 3.8) is 0 Å². The second kappa shape index (κ2) is 3.27. The molecule has 0 unspecified atom stereocenters. The zero-order valence-electron chi connectivity index (χ0n) is 8.56. The van der Waals surface area contributed by atoms with Crippen LogP contribution >= 0.6 is 11.5 Å². The van der Waals surface area contributed by atoms with E-state index in [-0.39, 0.29) is 11.8 Å². The third-order valence-electron chi connectivity index (χ3n) is 3.16. The Morgan fingerprint density at radius 2 is 2.33 bits per heavy atom. The van der Waals surface area contributed by atoms with Crippen LogP contribution in [0.1, 0.15) is 25.1 Å². The summed E-state index contributed by atoms with van der Waals surface area (Å²) >= 11 is 1.26. The van der Waals surface area contributed by atoms with Gasteiger partial charge in [-0.05, 0) is 38.0 Å². The van der Waals surface area contributed by atoms with Crippen LogP contribution in [0.5, 0.6) is 0 Å². The van der Waals surface area contributed by atoms with Gasteiger partial charge in [0.05, 0.1) is 0 Å². The number of aryl methyl sites for hydroxylation is 1. The molecule has 0 bridgehead atoms. The molecule has 2 aliphatic rings. The smallest absolute Gasteiger partial charge is 0.229 e. The number of hydrogen-bond donors (Lipinski definition) is 1. The van der Waals surface area contributed by atoms with Crippen molar-refractivity contribution >= 4 is 22.6 Å². The molecule has 1 aromatic rings. The Kier molecular flexibility index (Phi) is 2.02. The second-order valence-electron chi connectivity index (χ2n) is 4.48. The van der Waals surface area contributed by atoms with E-state index >= 15 is 0 Å². The summed E-state index contributed by atoms with van der Waals surface area (Å²) in [5.74, 6) is 2.63. The van der Waals surface area contributed by atoms with Gasteiger partial charge in [-0.3, -0.25) is 4.79 Å². The minimum absolute atomic E-state index is 0.142. The van der Waals surface area contributed by atoms with Crippen LogP contribution in [-0.4, -0.2) is 15.3 Å². The van der Waals surface area contributed by atoms with E-state index in [1.165, 1.54) is 24.4 Å². The highest BCUT2D eigenvalue weighted by Gasteiger charge is 2.51. The Morgan fingerprint density at radius 1 is 1.53 bits per heavy atom. The highest BCUT2D eigenvalue weighted by atomic mass is 32.1. The molecule has 0 aliphatic heterocycles. The molecular formula is C10H13N3OS. The van der Waals surface area contributed by atoms with Crippen LogP contribution in [0.4, 0.5) is 5.13 Å². The minimum Gasteiger partial charge on any atom is -0.300 e. The molecule has 2 fully saturated rings. The van der Waals surface area contributed by atoms with Gasteiger partial charge in [-0.15, -0.1) is 0 Å². The van der Waals surface area contributed by atoms with Crippen molar-refractivity contribution in [3.05, 3.63) is 5.82 Å². The van der Waals surface area contributed by atoms with E-state index in [2.05, 4.69) is 14.7 Å². The standard InChI is InChI=1S/C10H13N3OS/c1-5-11-10(15-13-5)12-9(14)8-4-7(8)6-2-3-6/h6-8H,2-4H2,1H3,(H,11,12,13,14)/t7-,8+/m0/s1. The molecule has 80 valence electrons. The van der Waals surface area contributed by atoms with E-state index in [0.717, 1.165) is 18.2 Å². The number of anilines is 1. The van der Waals surface area contributed by atoms with Crippen molar-refractivity contribution in [2.45, 2.75) is 26.2 Å². The molecule has 5 heteroatoms. The molecule has 1 heterocycles. The number of nitrogens with zero attached hydrogens (tertiary/aromatic N) is 2. The third kappa shape index (κ3) is 1.88. The Labute approximate surface area is 92.3 Å². The lowest BCUT2D eigenvalue weighted by Crippen LogP contribution is -2.14. The second-order valence-corrected chi connectivity index (χ2v) is 5.23. The maximum Gasteiger partial charge on any atom is 0.229 e. The molecule has 3 rings (SSSR count). The van der Waals surface area contributed by atoms with Crippen LogP contribution in [0.2, 0.25) is 0 Å². The lowest BCUT2D eigenvalue weighted by molar-refractivity contribution is -0.117. The van der Waals surface area contributed by atoms with Gasteiger partial charge in [0.15, 0.2) is 0 Å². The van der Waals surface area contributed by atoms with Gasteiger partial charge < -0.3 is 5.32 Å². The first-order valence-corrected chi connectivity index (χ1v) is 6.12. The highest BCUT2D eigenvalue weighted by molar-refractivity contribution is 7.09. The molecule has 15 heavy (non-hydrogen) atoms. The van der Waals surface area contributed by atoms with Crippen molar-refractivity contribution in [2.24, 2.45) is 17.8 Å². The quantitative estimate of drug-likeness (QED) is 0.850. The van der Waals surface area contributed by atoms with Crippen molar-refractivity contribution in [1.82, 2.24) is 9.36 Å². The van der Waals surface area contributed by atoms with Crippen LogP contribution in [0.25, 0.3) is 0 Å². The van der Waals surface area contributed by atoms with Gasteiger partial charge in [0.1, 0.15) is 5.82 Å². The van der Waals surface area contributed by atoms with Crippen LogP contribution in [0.3, 0.4) is 0 Å². The summed E-state index contributed by atoms with van der Waals surface area (Å²) in [6.07, 6.45) is 3.73. The number of aromatic nitrogens is 2.